The first-order valence-corrected chi connectivity index (χ1v) is 6.23. The summed E-state index contributed by atoms with van der Waals surface area (Å²) in [6.45, 7) is 5.18. The Morgan fingerprint density at radius 2 is 2.18 bits per heavy atom. The van der Waals surface area contributed by atoms with Gasteiger partial charge in [0, 0.05) is 13.1 Å². The second-order valence-corrected chi connectivity index (χ2v) is 4.28. The van der Waals surface area contributed by atoms with Crippen LogP contribution in [0.5, 0.6) is 0 Å². The monoisotopic (exact) mass is 240 g/mol. The first-order chi connectivity index (χ1) is 8.31. The van der Waals surface area contributed by atoms with Crippen molar-refractivity contribution in [2.75, 3.05) is 31.2 Å². The van der Waals surface area contributed by atoms with Crippen LogP contribution >= 0.6 is 0 Å². The molecule has 2 rings (SSSR count). The lowest BCUT2D eigenvalue weighted by Gasteiger charge is -2.24. The fraction of sp³-hybridized carbons (Fsp3) is 0.818. The number of rotatable bonds is 5. The van der Waals surface area contributed by atoms with Gasteiger partial charge in [-0.1, -0.05) is 19.8 Å². The van der Waals surface area contributed by atoms with Gasteiger partial charge in [0.2, 0.25) is 5.89 Å². The zero-order valence-corrected chi connectivity index (χ0v) is 10.3. The van der Waals surface area contributed by atoms with Crippen LogP contribution in [0.1, 0.15) is 38.1 Å². The number of morpholine rings is 1. The number of hydrogen-bond acceptors (Lipinski definition) is 6. The van der Waals surface area contributed by atoms with Gasteiger partial charge in [-0.3, -0.25) is 0 Å². The van der Waals surface area contributed by atoms with E-state index in [0.717, 1.165) is 32.4 Å². The predicted octanol–water partition coefficient (Wildman–Crippen LogP) is 1.10. The third-order valence-corrected chi connectivity index (χ3v) is 2.91. The summed E-state index contributed by atoms with van der Waals surface area (Å²) in [7, 11) is 0. The summed E-state index contributed by atoms with van der Waals surface area (Å²) in [5.74, 6) is 1.18. The van der Waals surface area contributed by atoms with E-state index >= 15 is 0 Å². The molecule has 0 bridgehead atoms. The molecular formula is C11H20N4O2. The molecule has 0 aliphatic carbocycles. The van der Waals surface area contributed by atoms with Crippen molar-refractivity contribution in [1.82, 2.24) is 10.1 Å². The fourth-order valence-electron chi connectivity index (χ4n) is 1.82. The molecule has 0 aromatic carbocycles. The molecular weight excluding hydrogens is 220 g/mol. The van der Waals surface area contributed by atoms with Gasteiger partial charge in [-0.25, -0.2) is 0 Å². The summed E-state index contributed by atoms with van der Waals surface area (Å²) in [5.41, 5.74) is 5.98. The predicted molar refractivity (Wildman–Crippen MR) is 63.8 cm³/mol. The Morgan fingerprint density at radius 3 is 2.88 bits per heavy atom. The van der Waals surface area contributed by atoms with Crippen LogP contribution < -0.4 is 10.6 Å². The van der Waals surface area contributed by atoms with Crippen LogP contribution in [0.2, 0.25) is 0 Å². The lowest BCUT2D eigenvalue weighted by atomic mass is 10.1. The molecule has 17 heavy (non-hydrogen) atoms. The SMILES string of the molecule is CCCCC(N)c1nc(N2CCOCC2)no1. The zero-order chi connectivity index (χ0) is 12.1. The molecule has 2 heterocycles. The summed E-state index contributed by atoms with van der Waals surface area (Å²) in [6.07, 6.45) is 3.09. The van der Waals surface area contributed by atoms with E-state index in [1.54, 1.807) is 0 Å². The number of hydrogen-bond donors (Lipinski definition) is 1. The van der Waals surface area contributed by atoms with Crippen LogP contribution in [0.4, 0.5) is 5.95 Å². The Bertz CT molecular complexity index is 336. The number of aromatic nitrogens is 2. The Balaban J connectivity index is 1.94. The summed E-state index contributed by atoms with van der Waals surface area (Å²) in [5, 5.41) is 3.97. The molecule has 1 unspecified atom stereocenters. The van der Waals surface area contributed by atoms with E-state index in [4.69, 9.17) is 15.0 Å². The normalized spacial score (nSPS) is 18.4. The Kier molecular flexibility index (Phi) is 4.33. The van der Waals surface area contributed by atoms with Crippen LogP contribution in [0.25, 0.3) is 0 Å². The number of nitrogens with two attached hydrogens (primary N) is 1. The Morgan fingerprint density at radius 1 is 1.41 bits per heavy atom. The minimum Gasteiger partial charge on any atom is -0.378 e. The van der Waals surface area contributed by atoms with Gasteiger partial charge in [0.25, 0.3) is 5.95 Å². The zero-order valence-electron chi connectivity index (χ0n) is 10.3. The van der Waals surface area contributed by atoms with E-state index < -0.39 is 0 Å². The number of nitrogens with zero attached hydrogens (tertiary/aromatic N) is 3. The highest BCUT2D eigenvalue weighted by Gasteiger charge is 2.19. The molecule has 0 amide bonds. The molecule has 0 spiro atoms. The molecule has 96 valence electrons. The molecule has 6 heteroatoms. The van der Waals surface area contributed by atoms with Gasteiger partial charge < -0.3 is 19.9 Å². The molecule has 1 aliphatic heterocycles. The maximum absolute atomic E-state index is 5.98. The highest BCUT2D eigenvalue weighted by Crippen LogP contribution is 2.18. The van der Waals surface area contributed by atoms with E-state index in [1.165, 1.54) is 0 Å². The highest BCUT2D eigenvalue weighted by molar-refractivity contribution is 5.28. The summed E-state index contributed by atoms with van der Waals surface area (Å²) in [6, 6.07) is -0.141. The van der Waals surface area contributed by atoms with Crippen molar-refractivity contribution in [1.29, 1.82) is 0 Å². The number of ether oxygens (including phenoxy) is 1. The molecule has 1 aliphatic rings. The summed E-state index contributed by atoms with van der Waals surface area (Å²) < 4.78 is 10.5. The molecule has 0 radical (unpaired) electrons. The minimum absolute atomic E-state index is 0.141. The average molecular weight is 240 g/mol. The highest BCUT2D eigenvalue weighted by atomic mass is 16.5. The van der Waals surface area contributed by atoms with E-state index in [-0.39, 0.29) is 6.04 Å². The summed E-state index contributed by atoms with van der Waals surface area (Å²) >= 11 is 0. The molecule has 0 saturated carbocycles. The standard InChI is InChI=1S/C11H20N4O2/c1-2-3-4-9(12)10-13-11(14-17-10)15-5-7-16-8-6-15/h9H,2-8,12H2,1H3. The van der Waals surface area contributed by atoms with Gasteiger partial charge in [-0.2, -0.15) is 4.98 Å². The molecule has 1 fully saturated rings. The van der Waals surface area contributed by atoms with Gasteiger partial charge in [0.15, 0.2) is 0 Å². The van der Waals surface area contributed by atoms with E-state index in [2.05, 4.69) is 22.0 Å². The van der Waals surface area contributed by atoms with Gasteiger partial charge in [0.1, 0.15) is 0 Å². The van der Waals surface area contributed by atoms with Crippen LogP contribution in [-0.4, -0.2) is 36.4 Å². The first kappa shape index (κ1) is 12.3. The molecule has 1 saturated heterocycles. The Labute approximate surface area is 101 Å². The van der Waals surface area contributed by atoms with Crippen LogP contribution in [0.3, 0.4) is 0 Å². The molecule has 2 N–H and O–H groups in total. The van der Waals surface area contributed by atoms with Gasteiger partial charge >= 0.3 is 0 Å². The van der Waals surface area contributed by atoms with Crippen molar-refractivity contribution in [3.8, 4) is 0 Å². The molecule has 1 aromatic heterocycles. The quantitative estimate of drug-likeness (QED) is 0.830. The summed E-state index contributed by atoms with van der Waals surface area (Å²) in [4.78, 5) is 6.41. The second-order valence-electron chi connectivity index (χ2n) is 4.28. The second kappa shape index (κ2) is 5.97. The van der Waals surface area contributed by atoms with Crippen molar-refractivity contribution in [2.45, 2.75) is 32.2 Å². The topological polar surface area (TPSA) is 77.4 Å². The van der Waals surface area contributed by atoms with Gasteiger partial charge in [-0.05, 0) is 11.6 Å². The largest absolute Gasteiger partial charge is 0.378 e. The molecule has 1 aromatic rings. The van der Waals surface area contributed by atoms with Gasteiger partial charge in [0.05, 0.1) is 19.3 Å². The van der Waals surface area contributed by atoms with Crippen LogP contribution in [0, 0.1) is 0 Å². The molecule has 1 atom stereocenters. The van der Waals surface area contributed by atoms with Crippen LogP contribution in [-0.2, 0) is 4.74 Å². The van der Waals surface area contributed by atoms with Crippen LogP contribution in [0.15, 0.2) is 4.52 Å². The van der Waals surface area contributed by atoms with E-state index in [9.17, 15) is 0 Å². The lowest BCUT2D eigenvalue weighted by Crippen LogP contribution is -2.36. The van der Waals surface area contributed by atoms with E-state index in [1.807, 2.05) is 0 Å². The third kappa shape index (κ3) is 3.17. The van der Waals surface area contributed by atoms with E-state index in [0.29, 0.717) is 25.1 Å². The lowest BCUT2D eigenvalue weighted by molar-refractivity contribution is 0.121. The first-order valence-electron chi connectivity index (χ1n) is 6.23. The number of unbranched alkanes of at least 4 members (excludes halogenated alkanes) is 1. The Hall–Kier alpha value is -1.14. The van der Waals surface area contributed by atoms with Crippen molar-refractivity contribution in [3.63, 3.8) is 0 Å². The molecule has 6 nitrogen and oxygen atoms in total. The third-order valence-electron chi connectivity index (χ3n) is 2.91. The smallest absolute Gasteiger partial charge is 0.266 e. The van der Waals surface area contributed by atoms with Crippen molar-refractivity contribution >= 4 is 5.95 Å². The maximum atomic E-state index is 5.98. The van der Waals surface area contributed by atoms with Crippen molar-refractivity contribution in [2.24, 2.45) is 5.73 Å². The maximum Gasteiger partial charge on any atom is 0.266 e. The number of anilines is 1. The minimum atomic E-state index is -0.141. The average Bonchev–Trinajstić information content (AvgIpc) is 2.86. The van der Waals surface area contributed by atoms with Crippen molar-refractivity contribution in [3.05, 3.63) is 5.89 Å². The van der Waals surface area contributed by atoms with Gasteiger partial charge in [-0.15, -0.1) is 0 Å². The fourth-order valence-corrected chi connectivity index (χ4v) is 1.82. The van der Waals surface area contributed by atoms with Crippen molar-refractivity contribution < 1.29 is 9.26 Å².